The Morgan fingerprint density at radius 3 is 2.47 bits per heavy atom. The van der Waals surface area contributed by atoms with Gasteiger partial charge in [0.2, 0.25) is 0 Å². The monoisotopic (exact) mass is 267 g/mol. The Kier molecular flexibility index (Phi) is 3.25. The van der Waals surface area contributed by atoms with Crippen LogP contribution in [0.3, 0.4) is 0 Å². The van der Waals surface area contributed by atoms with Gasteiger partial charge in [-0.1, -0.05) is 47.7 Å². The van der Waals surface area contributed by atoms with E-state index in [0.717, 1.165) is 21.4 Å². The molecule has 3 nitrogen and oxygen atoms in total. The molecule has 0 radical (unpaired) electrons. The molecule has 3 aromatic rings. The van der Waals surface area contributed by atoms with Crippen molar-refractivity contribution in [2.45, 2.75) is 0 Å². The number of hydrogen-bond acceptors (Lipinski definition) is 4. The Balaban J connectivity index is 2.17. The molecule has 0 spiro atoms. The predicted octanol–water partition coefficient (Wildman–Crippen LogP) is 3.91. The van der Waals surface area contributed by atoms with Gasteiger partial charge in [-0.05, 0) is 17.7 Å². The molecule has 0 saturated heterocycles. The van der Waals surface area contributed by atoms with Crippen LogP contribution in [0.2, 0.25) is 0 Å². The quantitative estimate of drug-likeness (QED) is 0.781. The number of rotatable bonds is 3. The fraction of sp³-hybridized carbons (Fsp3) is 0.0667. The second kappa shape index (κ2) is 5.20. The minimum atomic E-state index is 0.902. The van der Waals surface area contributed by atoms with Crippen molar-refractivity contribution in [2.75, 3.05) is 12.4 Å². The summed E-state index contributed by atoms with van der Waals surface area (Å²) in [5.74, 6) is 0. The Morgan fingerprint density at radius 2 is 1.79 bits per heavy atom. The van der Waals surface area contributed by atoms with E-state index in [1.807, 2.05) is 43.4 Å². The number of pyridine rings is 1. The highest BCUT2D eigenvalue weighted by atomic mass is 32.1. The zero-order chi connectivity index (χ0) is 13.1. The summed E-state index contributed by atoms with van der Waals surface area (Å²) in [5.41, 5.74) is 3.00. The fourth-order valence-electron chi connectivity index (χ4n) is 1.89. The highest BCUT2D eigenvalue weighted by molar-refractivity contribution is 7.19. The van der Waals surface area contributed by atoms with Crippen LogP contribution in [0.5, 0.6) is 0 Å². The molecule has 0 aliphatic rings. The van der Waals surface area contributed by atoms with Crippen LogP contribution in [-0.2, 0) is 0 Å². The van der Waals surface area contributed by atoms with Crippen molar-refractivity contribution < 1.29 is 0 Å². The summed E-state index contributed by atoms with van der Waals surface area (Å²) in [6, 6.07) is 16.2. The summed E-state index contributed by atoms with van der Waals surface area (Å²) >= 11 is 1.65. The normalized spacial score (nSPS) is 10.4. The molecule has 0 saturated carbocycles. The maximum absolute atomic E-state index is 4.62. The smallest absolute Gasteiger partial charge is 0.183 e. The summed E-state index contributed by atoms with van der Waals surface area (Å²) in [4.78, 5) is 10.2. The van der Waals surface area contributed by atoms with Gasteiger partial charge in [0.05, 0.1) is 10.6 Å². The molecule has 19 heavy (non-hydrogen) atoms. The van der Waals surface area contributed by atoms with Crippen molar-refractivity contribution in [3.05, 3.63) is 54.7 Å². The number of aromatic nitrogens is 2. The van der Waals surface area contributed by atoms with E-state index in [-0.39, 0.29) is 0 Å². The molecule has 4 heteroatoms. The fourth-order valence-corrected chi connectivity index (χ4v) is 2.82. The topological polar surface area (TPSA) is 37.8 Å². The van der Waals surface area contributed by atoms with E-state index < -0.39 is 0 Å². The van der Waals surface area contributed by atoms with Crippen molar-refractivity contribution in [2.24, 2.45) is 0 Å². The highest BCUT2D eigenvalue weighted by Crippen LogP contribution is 2.37. The maximum atomic E-state index is 4.62. The first-order chi connectivity index (χ1) is 9.38. The Bertz CT molecular complexity index is 605. The van der Waals surface area contributed by atoms with Gasteiger partial charge in [-0.3, -0.25) is 4.98 Å². The molecule has 0 bridgehead atoms. The van der Waals surface area contributed by atoms with Crippen molar-refractivity contribution in [1.29, 1.82) is 0 Å². The SMILES string of the molecule is CNc1nc(-c2ccccn2)c(-c2ccccc2)s1. The van der Waals surface area contributed by atoms with Gasteiger partial charge in [0.25, 0.3) is 0 Å². The summed E-state index contributed by atoms with van der Waals surface area (Å²) in [5, 5.41) is 4.01. The maximum Gasteiger partial charge on any atom is 0.183 e. The molecule has 2 heterocycles. The Hall–Kier alpha value is -2.20. The first-order valence-corrected chi connectivity index (χ1v) is 6.85. The van der Waals surface area contributed by atoms with Crippen LogP contribution >= 0.6 is 11.3 Å². The molecule has 0 atom stereocenters. The second-order valence-corrected chi connectivity index (χ2v) is 5.03. The van der Waals surface area contributed by atoms with E-state index in [4.69, 9.17) is 0 Å². The highest BCUT2D eigenvalue weighted by Gasteiger charge is 2.14. The van der Waals surface area contributed by atoms with Crippen LogP contribution in [-0.4, -0.2) is 17.0 Å². The number of anilines is 1. The van der Waals surface area contributed by atoms with Gasteiger partial charge < -0.3 is 5.32 Å². The van der Waals surface area contributed by atoms with E-state index in [1.54, 1.807) is 17.5 Å². The molecule has 1 aromatic carbocycles. The molecule has 0 unspecified atom stereocenters. The van der Waals surface area contributed by atoms with Crippen LogP contribution in [0.15, 0.2) is 54.7 Å². The van der Waals surface area contributed by atoms with Gasteiger partial charge in [0.15, 0.2) is 5.13 Å². The third kappa shape index (κ3) is 2.35. The van der Waals surface area contributed by atoms with Crippen molar-refractivity contribution in [1.82, 2.24) is 9.97 Å². The van der Waals surface area contributed by atoms with Crippen LogP contribution in [0.25, 0.3) is 21.8 Å². The van der Waals surface area contributed by atoms with Crippen LogP contribution in [0.1, 0.15) is 0 Å². The molecule has 94 valence electrons. The zero-order valence-electron chi connectivity index (χ0n) is 10.5. The molecule has 0 aliphatic carbocycles. The minimum absolute atomic E-state index is 0.902. The molecule has 0 fully saturated rings. The average molecular weight is 267 g/mol. The van der Waals surface area contributed by atoms with E-state index >= 15 is 0 Å². The van der Waals surface area contributed by atoms with Crippen LogP contribution in [0.4, 0.5) is 5.13 Å². The lowest BCUT2D eigenvalue weighted by Gasteiger charge is -2.01. The Morgan fingerprint density at radius 1 is 1.00 bits per heavy atom. The van der Waals surface area contributed by atoms with Crippen molar-refractivity contribution in [3.8, 4) is 21.8 Å². The molecular weight excluding hydrogens is 254 g/mol. The predicted molar refractivity (Wildman–Crippen MR) is 80.3 cm³/mol. The van der Waals surface area contributed by atoms with Crippen molar-refractivity contribution in [3.63, 3.8) is 0 Å². The van der Waals surface area contributed by atoms with Crippen LogP contribution < -0.4 is 5.32 Å². The van der Waals surface area contributed by atoms with Gasteiger partial charge in [-0.25, -0.2) is 4.98 Å². The van der Waals surface area contributed by atoms with Gasteiger partial charge in [-0.15, -0.1) is 0 Å². The minimum Gasteiger partial charge on any atom is -0.365 e. The average Bonchev–Trinajstić information content (AvgIpc) is 2.93. The van der Waals surface area contributed by atoms with Gasteiger partial charge in [0, 0.05) is 13.2 Å². The lowest BCUT2D eigenvalue weighted by Crippen LogP contribution is -1.88. The molecule has 1 N–H and O–H groups in total. The van der Waals surface area contributed by atoms with E-state index in [9.17, 15) is 0 Å². The molecule has 2 aromatic heterocycles. The van der Waals surface area contributed by atoms with E-state index in [0.29, 0.717) is 0 Å². The third-order valence-corrected chi connectivity index (χ3v) is 3.91. The third-order valence-electron chi connectivity index (χ3n) is 2.78. The number of nitrogens with one attached hydrogen (secondary N) is 1. The standard InChI is InChI=1S/C15H13N3S/c1-16-15-18-13(12-9-5-6-10-17-12)14(19-15)11-7-3-2-4-8-11/h2-10H,1H3,(H,16,18). The molecular formula is C15H13N3S. The molecule has 0 amide bonds. The van der Waals surface area contributed by atoms with Gasteiger partial charge >= 0.3 is 0 Å². The first kappa shape index (κ1) is 11.9. The van der Waals surface area contributed by atoms with E-state index in [1.165, 1.54) is 5.56 Å². The Labute approximate surface area is 116 Å². The number of benzene rings is 1. The molecule has 0 aliphatic heterocycles. The lowest BCUT2D eigenvalue weighted by atomic mass is 10.1. The van der Waals surface area contributed by atoms with Crippen molar-refractivity contribution >= 4 is 16.5 Å². The first-order valence-electron chi connectivity index (χ1n) is 6.04. The molecule has 3 rings (SSSR count). The number of hydrogen-bond donors (Lipinski definition) is 1. The van der Waals surface area contributed by atoms with Gasteiger partial charge in [-0.2, -0.15) is 0 Å². The number of thiazole rings is 1. The van der Waals surface area contributed by atoms with Gasteiger partial charge in [0.1, 0.15) is 5.69 Å². The summed E-state index contributed by atoms with van der Waals surface area (Å²) < 4.78 is 0. The van der Waals surface area contributed by atoms with Crippen LogP contribution in [0, 0.1) is 0 Å². The summed E-state index contributed by atoms with van der Waals surface area (Å²) in [6.45, 7) is 0. The lowest BCUT2D eigenvalue weighted by molar-refractivity contribution is 1.27. The number of nitrogens with zero attached hydrogens (tertiary/aromatic N) is 2. The second-order valence-electron chi connectivity index (χ2n) is 4.03. The summed E-state index contributed by atoms with van der Waals surface area (Å²) in [6.07, 6.45) is 1.79. The van der Waals surface area contributed by atoms with E-state index in [2.05, 4.69) is 27.4 Å². The summed E-state index contributed by atoms with van der Waals surface area (Å²) in [7, 11) is 1.88. The zero-order valence-corrected chi connectivity index (χ0v) is 11.3. The largest absolute Gasteiger partial charge is 0.365 e.